The monoisotopic (exact) mass is 457 g/mol. The average Bonchev–Trinajstić information content (AvgIpc) is 3.53. The van der Waals surface area contributed by atoms with Crippen LogP contribution >= 0.6 is 0 Å². The summed E-state index contributed by atoms with van der Waals surface area (Å²) >= 11 is 0. The Morgan fingerprint density at radius 3 is 2.64 bits per heavy atom. The van der Waals surface area contributed by atoms with Gasteiger partial charge in [0.25, 0.3) is 0 Å². The molecule has 0 bridgehead atoms. The van der Waals surface area contributed by atoms with Gasteiger partial charge in [-0.1, -0.05) is 0 Å². The summed E-state index contributed by atoms with van der Waals surface area (Å²) in [4.78, 5) is 32.7. The summed E-state index contributed by atoms with van der Waals surface area (Å²) < 4.78 is 20.9. The van der Waals surface area contributed by atoms with Crippen LogP contribution in [0.1, 0.15) is 38.0 Å². The minimum Gasteiger partial charge on any atom is -0.456 e. The van der Waals surface area contributed by atoms with Crippen molar-refractivity contribution in [1.29, 1.82) is 0 Å². The quantitative estimate of drug-likeness (QED) is 0.634. The summed E-state index contributed by atoms with van der Waals surface area (Å²) in [6.07, 6.45) is 3.64. The standard InChI is InChI=1S/C21H24FN7O4/c1-13-16(11-33-19(13)31)28-7-4-21(20(28)32)2-5-27(6-3-21)10-17(30)18-15(22)8-14(9-23-18)29-12-24-25-26-29/h8-9,12,17,30H,2-7,10-11H2,1H3/t17-/m1/s1. The smallest absolute Gasteiger partial charge is 0.336 e. The third-order valence-corrected chi connectivity index (χ3v) is 6.95. The van der Waals surface area contributed by atoms with Crippen molar-refractivity contribution < 1.29 is 23.8 Å². The van der Waals surface area contributed by atoms with Gasteiger partial charge in [-0.15, -0.1) is 5.10 Å². The number of hydrogen-bond donors (Lipinski definition) is 1. The molecule has 1 N–H and O–H groups in total. The second-order valence-electron chi connectivity index (χ2n) is 8.77. The summed E-state index contributed by atoms with van der Waals surface area (Å²) in [5.41, 5.74) is 1.03. The molecule has 33 heavy (non-hydrogen) atoms. The minimum absolute atomic E-state index is 0.0384. The Balaban J connectivity index is 1.21. The maximum Gasteiger partial charge on any atom is 0.336 e. The predicted octanol–water partition coefficient (Wildman–Crippen LogP) is 0.375. The van der Waals surface area contributed by atoms with E-state index in [4.69, 9.17) is 4.74 Å². The van der Waals surface area contributed by atoms with E-state index in [2.05, 4.69) is 20.5 Å². The van der Waals surface area contributed by atoms with E-state index in [0.717, 1.165) is 6.42 Å². The highest BCUT2D eigenvalue weighted by Gasteiger charge is 2.50. The van der Waals surface area contributed by atoms with E-state index in [1.165, 1.54) is 23.3 Å². The van der Waals surface area contributed by atoms with Gasteiger partial charge in [-0.2, -0.15) is 4.68 Å². The highest BCUT2D eigenvalue weighted by atomic mass is 19.1. The maximum atomic E-state index is 14.6. The number of pyridine rings is 1. The Hall–Kier alpha value is -3.25. The van der Waals surface area contributed by atoms with Gasteiger partial charge in [0.05, 0.1) is 28.6 Å². The fourth-order valence-corrected chi connectivity index (χ4v) is 4.87. The van der Waals surface area contributed by atoms with Crippen LogP contribution in [0.15, 0.2) is 29.9 Å². The number of aliphatic hydroxyl groups is 1. The number of esters is 1. The molecular weight excluding hydrogens is 433 g/mol. The van der Waals surface area contributed by atoms with Crippen molar-refractivity contribution in [3.8, 4) is 5.69 Å². The van der Waals surface area contributed by atoms with E-state index < -0.39 is 17.3 Å². The molecule has 1 spiro atoms. The summed E-state index contributed by atoms with van der Waals surface area (Å²) in [5.74, 6) is -0.960. The Morgan fingerprint density at radius 1 is 1.24 bits per heavy atom. The van der Waals surface area contributed by atoms with Gasteiger partial charge in [-0.25, -0.2) is 9.18 Å². The maximum absolute atomic E-state index is 14.6. The van der Waals surface area contributed by atoms with Gasteiger partial charge in [0, 0.05) is 19.2 Å². The zero-order valence-electron chi connectivity index (χ0n) is 18.1. The van der Waals surface area contributed by atoms with Crippen molar-refractivity contribution in [2.24, 2.45) is 5.41 Å². The number of aromatic nitrogens is 5. The number of hydrogen-bond acceptors (Lipinski definition) is 9. The van der Waals surface area contributed by atoms with Crippen LogP contribution in [-0.2, 0) is 14.3 Å². The SMILES string of the molecule is CC1=C(N2CCC3(CCN(C[C@@H](O)c4ncc(-n5cnnn5)cc4F)CC3)C2=O)COC1=O. The molecule has 0 unspecified atom stereocenters. The van der Waals surface area contributed by atoms with Crippen molar-refractivity contribution >= 4 is 11.9 Å². The van der Waals surface area contributed by atoms with Gasteiger partial charge in [-0.05, 0) is 49.7 Å². The van der Waals surface area contributed by atoms with Crippen molar-refractivity contribution in [1.82, 2.24) is 35.0 Å². The lowest BCUT2D eigenvalue weighted by Gasteiger charge is -2.38. The zero-order valence-corrected chi connectivity index (χ0v) is 18.1. The van der Waals surface area contributed by atoms with E-state index in [9.17, 15) is 19.1 Å². The molecule has 5 rings (SSSR count). The number of piperidine rings is 1. The van der Waals surface area contributed by atoms with Gasteiger partial charge in [-0.3, -0.25) is 9.78 Å². The Kier molecular flexibility index (Phi) is 5.41. The van der Waals surface area contributed by atoms with Gasteiger partial charge in [0.1, 0.15) is 30.5 Å². The number of likely N-dealkylation sites (tertiary alicyclic amines) is 2. The summed E-state index contributed by atoms with van der Waals surface area (Å²) in [6, 6.07) is 1.23. The van der Waals surface area contributed by atoms with Crippen LogP contribution in [0.25, 0.3) is 5.69 Å². The molecule has 0 aromatic carbocycles. The summed E-state index contributed by atoms with van der Waals surface area (Å²) in [5, 5.41) is 21.3. The lowest BCUT2D eigenvalue weighted by molar-refractivity contribution is -0.138. The van der Waals surface area contributed by atoms with Crippen molar-refractivity contribution in [3.05, 3.63) is 41.4 Å². The molecule has 0 saturated carbocycles. The first-order chi connectivity index (χ1) is 15.9. The summed E-state index contributed by atoms with van der Waals surface area (Å²) in [6.45, 7) is 3.84. The number of amides is 1. The van der Waals surface area contributed by atoms with Crippen LogP contribution < -0.4 is 0 Å². The highest BCUT2D eigenvalue weighted by molar-refractivity contribution is 5.94. The van der Waals surface area contributed by atoms with Crippen LogP contribution in [0.3, 0.4) is 0 Å². The van der Waals surface area contributed by atoms with Crippen molar-refractivity contribution in [3.63, 3.8) is 0 Å². The van der Waals surface area contributed by atoms with Crippen molar-refractivity contribution in [2.45, 2.75) is 32.3 Å². The zero-order chi connectivity index (χ0) is 23.2. The Bertz CT molecular complexity index is 1110. The average molecular weight is 457 g/mol. The van der Waals surface area contributed by atoms with E-state index >= 15 is 0 Å². The number of aliphatic hydroxyl groups excluding tert-OH is 1. The number of ether oxygens (including phenoxy) is 1. The summed E-state index contributed by atoms with van der Waals surface area (Å²) in [7, 11) is 0. The number of β-amino-alcohol motifs (C(OH)–C–C–N with tert-alkyl or cyclic N) is 1. The van der Waals surface area contributed by atoms with Crippen molar-refractivity contribution in [2.75, 3.05) is 32.8 Å². The fraction of sp³-hybridized carbons (Fsp3) is 0.524. The molecule has 0 aliphatic carbocycles. The third-order valence-electron chi connectivity index (χ3n) is 6.95. The normalized spacial score (nSPS) is 21.8. The lowest BCUT2D eigenvalue weighted by Crippen LogP contribution is -2.45. The molecule has 3 aliphatic heterocycles. The number of halogens is 1. The van der Waals surface area contributed by atoms with Crippen LogP contribution in [-0.4, -0.2) is 84.8 Å². The second-order valence-corrected chi connectivity index (χ2v) is 8.77. The molecule has 11 nitrogen and oxygen atoms in total. The molecule has 3 aliphatic rings. The molecule has 1 amide bonds. The van der Waals surface area contributed by atoms with Crippen LogP contribution in [0.2, 0.25) is 0 Å². The fourth-order valence-electron chi connectivity index (χ4n) is 4.87. The van der Waals surface area contributed by atoms with E-state index in [0.29, 0.717) is 49.4 Å². The molecule has 0 radical (unpaired) electrons. The first-order valence-corrected chi connectivity index (χ1v) is 10.9. The topological polar surface area (TPSA) is 127 Å². The number of rotatable bonds is 5. The molecule has 2 saturated heterocycles. The van der Waals surface area contributed by atoms with Gasteiger partial charge in [0.15, 0.2) is 0 Å². The molecule has 5 heterocycles. The second kappa shape index (κ2) is 8.27. The first kappa shape index (κ1) is 21.6. The van der Waals surface area contributed by atoms with Crippen LogP contribution in [0.5, 0.6) is 0 Å². The largest absolute Gasteiger partial charge is 0.456 e. The Morgan fingerprint density at radius 2 is 2.00 bits per heavy atom. The molecule has 174 valence electrons. The molecule has 1 atom stereocenters. The molecule has 2 aromatic heterocycles. The number of tetrazole rings is 1. The third kappa shape index (κ3) is 3.78. The molecule has 12 heteroatoms. The van der Waals surface area contributed by atoms with Crippen LogP contribution in [0, 0.1) is 11.2 Å². The highest BCUT2D eigenvalue weighted by Crippen LogP contribution is 2.43. The number of carbonyl (C=O) groups excluding carboxylic acids is 2. The van der Waals surface area contributed by atoms with Gasteiger partial charge in [0.2, 0.25) is 5.91 Å². The predicted molar refractivity (Wildman–Crippen MR) is 110 cm³/mol. The minimum atomic E-state index is -1.10. The van der Waals surface area contributed by atoms with Crippen LogP contribution in [0.4, 0.5) is 4.39 Å². The Labute approximate surface area is 188 Å². The van der Waals surface area contributed by atoms with Gasteiger partial charge < -0.3 is 19.6 Å². The number of nitrogens with zero attached hydrogens (tertiary/aromatic N) is 7. The molecule has 2 fully saturated rings. The number of cyclic esters (lactones) is 1. The van der Waals surface area contributed by atoms with E-state index in [-0.39, 0.29) is 30.7 Å². The number of carbonyl (C=O) groups is 2. The van der Waals surface area contributed by atoms with E-state index in [1.807, 2.05) is 4.90 Å². The lowest BCUT2D eigenvalue weighted by atomic mass is 9.77. The van der Waals surface area contributed by atoms with E-state index in [1.54, 1.807) is 11.8 Å². The molecular formula is C21H24FN7O4. The van der Waals surface area contributed by atoms with Gasteiger partial charge >= 0.3 is 5.97 Å². The first-order valence-electron chi connectivity index (χ1n) is 10.9. The molecule has 2 aromatic rings.